The van der Waals surface area contributed by atoms with Crippen molar-refractivity contribution in [2.75, 3.05) is 31.5 Å². The molecule has 2 fully saturated rings. The third-order valence-corrected chi connectivity index (χ3v) is 7.01. The molecule has 0 radical (unpaired) electrons. The molecule has 9 heteroatoms. The third-order valence-electron chi connectivity index (χ3n) is 6.32. The van der Waals surface area contributed by atoms with E-state index in [0.717, 1.165) is 78.7 Å². The first kappa shape index (κ1) is 23.0. The maximum absolute atomic E-state index is 12.6. The molecule has 2 aliphatic rings. The summed E-state index contributed by atoms with van der Waals surface area (Å²) >= 11 is 3.60. The van der Waals surface area contributed by atoms with Gasteiger partial charge >= 0.3 is 0 Å². The number of hydrogen-bond donors (Lipinski definition) is 4. The highest BCUT2D eigenvalue weighted by Gasteiger charge is 2.18. The first-order chi connectivity index (χ1) is 16.7. The molecule has 34 heavy (non-hydrogen) atoms. The Kier molecular flexibility index (Phi) is 7.22. The molecule has 0 atom stereocenters. The van der Waals surface area contributed by atoms with E-state index in [1.54, 1.807) is 6.20 Å². The van der Waals surface area contributed by atoms with Crippen molar-refractivity contribution in [2.24, 2.45) is 0 Å². The van der Waals surface area contributed by atoms with Crippen LogP contribution in [0.25, 0.3) is 10.9 Å². The number of halogens is 1. The van der Waals surface area contributed by atoms with E-state index >= 15 is 0 Å². The highest BCUT2D eigenvalue weighted by molar-refractivity contribution is 9.10. The fraction of sp³-hybridized carbons (Fsp3) is 0.400. The number of hydrogen-bond acceptors (Lipinski definition) is 7. The van der Waals surface area contributed by atoms with E-state index in [9.17, 15) is 4.79 Å². The number of aromatic nitrogens is 2. The van der Waals surface area contributed by atoms with Crippen LogP contribution in [0.3, 0.4) is 0 Å². The van der Waals surface area contributed by atoms with E-state index in [-0.39, 0.29) is 18.1 Å². The van der Waals surface area contributed by atoms with Crippen molar-refractivity contribution in [3.63, 3.8) is 0 Å². The Hall–Kier alpha value is -2.75. The lowest BCUT2D eigenvalue weighted by Gasteiger charge is -2.24. The zero-order chi connectivity index (χ0) is 23.3. The third kappa shape index (κ3) is 5.48. The molecule has 2 saturated heterocycles. The second kappa shape index (κ2) is 10.7. The summed E-state index contributed by atoms with van der Waals surface area (Å²) in [5.41, 5.74) is 2.22. The van der Waals surface area contributed by atoms with Crippen molar-refractivity contribution >= 4 is 44.4 Å². The fourth-order valence-electron chi connectivity index (χ4n) is 4.38. The van der Waals surface area contributed by atoms with Crippen molar-refractivity contribution in [3.8, 4) is 5.75 Å². The molecule has 0 saturated carbocycles. The van der Waals surface area contributed by atoms with E-state index in [4.69, 9.17) is 9.72 Å². The number of carbonyl (C=O) groups is 1. The molecule has 1 aromatic heterocycles. The predicted octanol–water partition coefficient (Wildman–Crippen LogP) is 3.75. The van der Waals surface area contributed by atoms with Gasteiger partial charge in [-0.05, 0) is 88.3 Å². The van der Waals surface area contributed by atoms with Gasteiger partial charge in [0.25, 0.3) is 5.91 Å². The molecule has 3 aromatic rings. The minimum atomic E-state index is -0.0371. The van der Waals surface area contributed by atoms with Gasteiger partial charge in [-0.15, -0.1) is 0 Å². The summed E-state index contributed by atoms with van der Waals surface area (Å²) in [7, 11) is 0. The van der Waals surface area contributed by atoms with Gasteiger partial charge in [-0.25, -0.2) is 9.97 Å². The number of piperidine rings is 2. The Balaban J connectivity index is 1.30. The molecule has 0 bridgehead atoms. The molecule has 5 rings (SSSR count). The van der Waals surface area contributed by atoms with Gasteiger partial charge in [-0.2, -0.15) is 0 Å². The first-order valence-corrected chi connectivity index (χ1v) is 12.7. The van der Waals surface area contributed by atoms with Crippen LogP contribution in [0.4, 0.5) is 11.6 Å². The number of nitrogens with zero attached hydrogens (tertiary/aromatic N) is 2. The van der Waals surface area contributed by atoms with Crippen LogP contribution in [0.1, 0.15) is 36.0 Å². The van der Waals surface area contributed by atoms with Gasteiger partial charge in [-0.1, -0.05) is 15.9 Å². The van der Waals surface area contributed by atoms with E-state index in [1.165, 1.54) is 0 Å². The summed E-state index contributed by atoms with van der Waals surface area (Å²) in [5, 5.41) is 14.0. The van der Waals surface area contributed by atoms with E-state index in [0.29, 0.717) is 11.5 Å². The molecular formula is C25H29BrN6O2. The average Bonchev–Trinajstić information content (AvgIpc) is 2.87. The normalized spacial score (nSPS) is 17.4. The lowest BCUT2D eigenvalue weighted by Crippen LogP contribution is -2.42. The van der Waals surface area contributed by atoms with Gasteiger partial charge in [0.05, 0.1) is 0 Å². The minimum Gasteiger partial charge on any atom is -0.488 e. The summed E-state index contributed by atoms with van der Waals surface area (Å²) in [4.78, 5) is 21.8. The van der Waals surface area contributed by atoms with Gasteiger partial charge < -0.3 is 26.0 Å². The number of rotatable bonds is 6. The number of nitrogens with one attached hydrogen (secondary N) is 4. The van der Waals surface area contributed by atoms with Crippen LogP contribution in [0.2, 0.25) is 0 Å². The molecule has 2 aromatic carbocycles. The first-order valence-electron chi connectivity index (χ1n) is 11.9. The quantitative estimate of drug-likeness (QED) is 0.389. The predicted molar refractivity (Wildman–Crippen MR) is 137 cm³/mol. The SMILES string of the molecule is O=C(NC1CCNCC1)c1ccc(Nc2ncc3c(Br)ccc(OC4CCNCC4)c3n2)cc1. The number of anilines is 2. The summed E-state index contributed by atoms with van der Waals surface area (Å²) < 4.78 is 7.23. The topological polar surface area (TPSA) is 100 Å². The molecule has 0 aliphatic carbocycles. The number of ether oxygens (including phenoxy) is 1. The molecular weight excluding hydrogens is 496 g/mol. The highest BCUT2D eigenvalue weighted by atomic mass is 79.9. The van der Waals surface area contributed by atoms with Crippen molar-refractivity contribution < 1.29 is 9.53 Å². The Bertz CT molecular complexity index is 1140. The minimum absolute atomic E-state index is 0.0371. The number of carbonyl (C=O) groups excluding carboxylic acids is 1. The van der Waals surface area contributed by atoms with Gasteiger partial charge in [0.15, 0.2) is 0 Å². The Morgan fingerprint density at radius 3 is 2.41 bits per heavy atom. The lowest BCUT2D eigenvalue weighted by molar-refractivity contribution is 0.0929. The monoisotopic (exact) mass is 524 g/mol. The van der Waals surface area contributed by atoms with E-state index < -0.39 is 0 Å². The molecule has 2 aliphatic heterocycles. The van der Waals surface area contributed by atoms with Crippen LogP contribution in [0, 0.1) is 0 Å². The fourth-order valence-corrected chi connectivity index (χ4v) is 4.80. The van der Waals surface area contributed by atoms with E-state index in [1.807, 2.05) is 36.4 Å². The van der Waals surface area contributed by atoms with Crippen LogP contribution >= 0.6 is 15.9 Å². The van der Waals surface area contributed by atoms with Crippen molar-refractivity contribution in [2.45, 2.75) is 37.8 Å². The molecule has 4 N–H and O–H groups in total. The molecule has 1 amide bonds. The molecule has 0 unspecified atom stereocenters. The Morgan fingerprint density at radius 1 is 0.971 bits per heavy atom. The smallest absolute Gasteiger partial charge is 0.251 e. The Labute approximate surface area is 207 Å². The molecule has 0 spiro atoms. The van der Waals surface area contributed by atoms with Gasteiger partial charge in [-0.3, -0.25) is 4.79 Å². The summed E-state index contributed by atoms with van der Waals surface area (Å²) in [6, 6.07) is 11.6. The highest BCUT2D eigenvalue weighted by Crippen LogP contribution is 2.32. The van der Waals surface area contributed by atoms with Crippen LogP contribution in [0.15, 0.2) is 47.1 Å². The standard InChI is InChI=1S/C25H29BrN6O2/c26-21-5-6-22(34-19-9-13-28-14-10-19)23-20(21)15-29-25(32-23)31-17-3-1-16(2-4-17)24(33)30-18-7-11-27-12-8-18/h1-6,15,18-19,27-28H,7-14H2,(H,30,33)(H,29,31,32). The van der Waals surface area contributed by atoms with Crippen LogP contribution < -0.4 is 26.0 Å². The molecule has 3 heterocycles. The summed E-state index contributed by atoms with van der Waals surface area (Å²) in [6.45, 7) is 3.82. The number of fused-ring (bicyclic) bond motifs is 1. The maximum atomic E-state index is 12.6. The Morgan fingerprint density at radius 2 is 1.68 bits per heavy atom. The van der Waals surface area contributed by atoms with Gasteiger partial charge in [0, 0.05) is 33.3 Å². The van der Waals surface area contributed by atoms with E-state index in [2.05, 4.69) is 42.2 Å². The number of benzene rings is 2. The molecule has 178 valence electrons. The summed E-state index contributed by atoms with van der Waals surface area (Å²) in [5.74, 6) is 1.21. The van der Waals surface area contributed by atoms with Crippen molar-refractivity contribution in [1.82, 2.24) is 25.9 Å². The lowest BCUT2D eigenvalue weighted by atomic mass is 10.1. The van der Waals surface area contributed by atoms with Crippen LogP contribution in [0.5, 0.6) is 5.75 Å². The zero-order valence-corrected chi connectivity index (χ0v) is 20.5. The zero-order valence-electron chi connectivity index (χ0n) is 18.9. The van der Waals surface area contributed by atoms with Gasteiger partial charge in [0.1, 0.15) is 17.4 Å². The van der Waals surface area contributed by atoms with Gasteiger partial charge in [0.2, 0.25) is 5.95 Å². The van der Waals surface area contributed by atoms with Crippen LogP contribution in [-0.4, -0.2) is 54.2 Å². The van der Waals surface area contributed by atoms with Crippen molar-refractivity contribution in [3.05, 3.63) is 52.6 Å². The largest absolute Gasteiger partial charge is 0.488 e. The second-order valence-electron chi connectivity index (χ2n) is 8.77. The van der Waals surface area contributed by atoms with Crippen LogP contribution in [-0.2, 0) is 0 Å². The second-order valence-corrected chi connectivity index (χ2v) is 9.62. The maximum Gasteiger partial charge on any atom is 0.251 e. The number of amides is 1. The average molecular weight is 525 g/mol. The molecule has 8 nitrogen and oxygen atoms in total. The summed E-state index contributed by atoms with van der Waals surface area (Å²) in [6.07, 6.45) is 5.86. The van der Waals surface area contributed by atoms with Crippen molar-refractivity contribution in [1.29, 1.82) is 0 Å².